The number of carboxylic acid groups (broad SMARTS) is 2. The molecule has 0 unspecified atom stereocenters. The number of aliphatic hydroxyl groups is 1. The van der Waals surface area contributed by atoms with Crippen molar-refractivity contribution in [3.63, 3.8) is 0 Å². The number of thioether (sulfide) groups is 1. The van der Waals surface area contributed by atoms with Crippen LogP contribution < -0.4 is 38.1 Å². The van der Waals surface area contributed by atoms with Gasteiger partial charge in [-0.1, -0.05) is 0 Å². The molecular weight excluding hydrogens is 544 g/mol. The fourth-order valence-corrected chi connectivity index (χ4v) is 3.96. The van der Waals surface area contributed by atoms with E-state index in [0.29, 0.717) is 0 Å². The molecule has 0 aliphatic carbocycles. The van der Waals surface area contributed by atoms with E-state index in [1.807, 2.05) is 0 Å². The van der Waals surface area contributed by atoms with Gasteiger partial charge in [0.25, 0.3) is 0 Å². The summed E-state index contributed by atoms with van der Waals surface area (Å²) in [5.74, 6) is -8.46. The number of rotatable bonds is 8. The molecular formula is C20H32N8O10S. The van der Waals surface area contributed by atoms with Crippen molar-refractivity contribution in [2.75, 3.05) is 31.2 Å². The van der Waals surface area contributed by atoms with Gasteiger partial charge < -0.3 is 53.4 Å². The van der Waals surface area contributed by atoms with Gasteiger partial charge >= 0.3 is 11.9 Å². The molecule has 39 heavy (non-hydrogen) atoms. The predicted molar refractivity (Wildman–Crippen MR) is 135 cm³/mol. The summed E-state index contributed by atoms with van der Waals surface area (Å²) in [7, 11) is 0. The topological polar surface area (TPSA) is 305 Å². The van der Waals surface area contributed by atoms with E-state index in [9.17, 15) is 43.8 Å². The molecule has 12 N–H and O–H groups in total. The number of nitrogens with zero attached hydrogens (tertiary/aromatic N) is 1. The van der Waals surface area contributed by atoms with E-state index < -0.39 is 85.2 Å². The molecule has 0 spiro atoms. The number of carbonyl (C=O) groups excluding carboxylic acids is 5. The van der Waals surface area contributed by atoms with E-state index in [1.165, 1.54) is 0 Å². The lowest BCUT2D eigenvalue weighted by Gasteiger charge is -2.23. The van der Waals surface area contributed by atoms with Crippen LogP contribution in [-0.4, -0.2) is 118 Å². The number of amides is 5. The fraction of sp³-hybridized carbons (Fsp3) is 0.600. The Morgan fingerprint density at radius 2 is 1.54 bits per heavy atom. The first-order valence-electron chi connectivity index (χ1n) is 11.5. The Balaban J connectivity index is 3.18. The molecule has 0 bridgehead atoms. The van der Waals surface area contributed by atoms with Crippen LogP contribution in [0, 0.1) is 0 Å². The molecule has 0 aromatic carbocycles. The maximum absolute atomic E-state index is 12.7. The van der Waals surface area contributed by atoms with Crippen molar-refractivity contribution in [3.05, 3.63) is 0 Å². The van der Waals surface area contributed by atoms with Crippen molar-refractivity contribution in [1.82, 2.24) is 26.6 Å². The van der Waals surface area contributed by atoms with Gasteiger partial charge in [-0.25, -0.2) is 4.79 Å². The van der Waals surface area contributed by atoms with Crippen molar-refractivity contribution in [2.24, 2.45) is 16.5 Å². The van der Waals surface area contributed by atoms with Gasteiger partial charge in [0.05, 0.1) is 25.3 Å². The minimum atomic E-state index is -1.68. The van der Waals surface area contributed by atoms with Crippen molar-refractivity contribution in [3.8, 4) is 0 Å². The summed E-state index contributed by atoms with van der Waals surface area (Å²) in [6, 6.07) is -5.95. The highest BCUT2D eigenvalue weighted by molar-refractivity contribution is 8.00. The smallest absolute Gasteiger partial charge is 0.327 e. The monoisotopic (exact) mass is 576 g/mol. The first kappa shape index (κ1) is 32.9. The molecule has 18 nitrogen and oxygen atoms in total. The fourth-order valence-electron chi connectivity index (χ4n) is 3.11. The second-order valence-corrected chi connectivity index (χ2v) is 9.19. The number of carboxylic acids is 2. The number of aliphatic carboxylic acids is 2. The Labute approximate surface area is 226 Å². The van der Waals surface area contributed by atoms with Crippen molar-refractivity contribution in [1.29, 1.82) is 0 Å². The molecule has 0 aromatic heterocycles. The lowest BCUT2D eigenvalue weighted by Crippen LogP contribution is -2.57. The van der Waals surface area contributed by atoms with Crippen LogP contribution in [0.15, 0.2) is 4.99 Å². The van der Waals surface area contributed by atoms with Crippen LogP contribution in [0.2, 0.25) is 0 Å². The maximum Gasteiger partial charge on any atom is 0.327 e. The molecule has 218 valence electrons. The predicted octanol–water partition coefficient (Wildman–Crippen LogP) is -5.61. The van der Waals surface area contributed by atoms with Crippen LogP contribution in [0.5, 0.6) is 0 Å². The van der Waals surface area contributed by atoms with Crippen LogP contribution in [0.25, 0.3) is 0 Å². The minimum absolute atomic E-state index is 0.0153. The molecule has 5 amide bonds. The van der Waals surface area contributed by atoms with E-state index in [0.717, 1.165) is 11.8 Å². The number of hydrogen-bond acceptors (Lipinski definition) is 10. The van der Waals surface area contributed by atoms with Gasteiger partial charge in [0.2, 0.25) is 29.5 Å². The highest BCUT2D eigenvalue weighted by Gasteiger charge is 2.30. The number of nitrogens with one attached hydrogen (secondary N) is 5. The summed E-state index contributed by atoms with van der Waals surface area (Å²) in [6.45, 7) is -1.46. The zero-order chi connectivity index (χ0) is 29.5. The summed E-state index contributed by atoms with van der Waals surface area (Å²) >= 11 is 0.768. The van der Waals surface area contributed by atoms with Gasteiger partial charge in [0, 0.05) is 12.3 Å². The third-order valence-electron chi connectivity index (χ3n) is 5.00. The van der Waals surface area contributed by atoms with Crippen LogP contribution in [-0.2, 0) is 33.6 Å². The van der Waals surface area contributed by atoms with Gasteiger partial charge in [-0.05, 0) is 12.8 Å². The normalized spacial score (nSPS) is 24.0. The van der Waals surface area contributed by atoms with Crippen LogP contribution in [0.4, 0.5) is 0 Å². The molecule has 0 saturated carbocycles. The average Bonchev–Trinajstić information content (AvgIpc) is 2.85. The quantitative estimate of drug-likeness (QED) is 0.0733. The summed E-state index contributed by atoms with van der Waals surface area (Å²) < 4.78 is 0. The van der Waals surface area contributed by atoms with Gasteiger partial charge in [-0.3, -0.25) is 33.8 Å². The number of aliphatic imine (C=N–C) groups is 1. The van der Waals surface area contributed by atoms with Crippen molar-refractivity contribution < 1.29 is 48.9 Å². The molecule has 1 saturated heterocycles. The van der Waals surface area contributed by atoms with Crippen molar-refractivity contribution >= 4 is 59.2 Å². The molecule has 1 heterocycles. The second kappa shape index (κ2) is 16.7. The molecule has 0 aromatic rings. The first-order valence-corrected chi connectivity index (χ1v) is 12.6. The summed E-state index contributed by atoms with van der Waals surface area (Å²) in [6.07, 6.45) is -0.696. The number of nitrogens with two attached hydrogens (primary N) is 2. The van der Waals surface area contributed by atoms with Gasteiger partial charge in [0.15, 0.2) is 5.96 Å². The zero-order valence-electron chi connectivity index (χ0n) is 20.7. The van der Waals surface area contributed by atoms with Crippen LogP contribution in [0.1, 0.15) is 19.3 Å². The number of hydrogen-bond donors (Lipinski definition) is 10. The number of guanidine groups is 1. The average molecular weight is 577 g/mol. The van der Waals surface area contributed by atoms with Crippen LogP contribution >= 0.6 is 11.8 Å². The summed E-state index contributed by atoms with van der Waals surface area (Å²) in [5.41, 5.74) is 10.5. The van der Waals surface area contributed by atoms with Gasteiger partial charge in [-0.15, -0.1) is 11.8 Å². The lowest BCUT2D eigenvalue weighted by molar-refractivity contribution is -0.143. The standard InChI is InChI=1S/C20H32N8O10S/c21-20(22)23-3-1-2-9-16(34)24-5-13(30)25-10(4-15(32)33)17(35)28-12(19(37)38)7-39-8-14(31)26-11(6-29)18(36)27-9/h9-12,29H,1-8H2,(H,24,34)(H,25,30)(H,26,31)(H,27,36)(H,28,35)(H,32,33)(H,37,38)(H4,21,22,23)/t9-,10-,11-,12-/m0/s1. The molecule has 1 aliphatic rings. The van der Waals surface area contributed by atoms with Crippen molar-refractivity contribution in [2.45, 2.75) is 43.4 Å². The maximum atomic E-state index is 12.7. The molecule has 1 aliphatic heterocycles. The Morgan fingerprint density at radius 1 is 0.897 bits per heavy atom. The van der Waals surface area contributed by atoms with E-state index in [-0.39, 0.29) is 36.9 Å². The molecule has 1 fully saturated rings. The number of aliphatic hydroxyl groups excluding tert-OH is 1. The Bertz CT molecular complexity index is 974. The third-order valence-corrected chi connectivity index (χ3v) is 6.03. The SMILES string of the molecule is NC(N)=NCCC[C@@H]1NC(=O)[C@H](CO)NC(=O)CSC[C@@H](C(=O)O)NC(=O)[C@H](CC(=O)O)NC(=O)CNC1=O. The first-order chi connectivity index (χ1) is 18.3. The van der Waals surface area contributed by atoms with Crippen LogP contribution in [0.3, 0.4) is 0 Å². The molecule has 0 radical (unpaired) electrons. The van der Waals surface area contributed by atoms with E-state index in [2.05, 4.69) is 31.6 Å². The second-order valence-electron chi connectivity index (χ2n) is 8.16. The summed E-state index contributed by atoms with van der Waals surface area (Å²) in [5, 5.41) is 39.1. The third kappa shape index (κ3) is 12.8. The minimum Gasteiger partial charge on any atom is -0.481 e. The molecule has 4 atom stereocenters. The highest BCUT2D eigenvalue weighted by atomic mass is 32.2. The highest BCUT2D eigenvalue weighted by Crippen LogP contribution is 2.06. The van der Waals surface area contributed by atoms with E-state index in [4.69, 9.17) is 16.6 Å². The lowest BCUT2D eigenvalue weighted by atomic mass is 10.1. The van der Waals surface area contributed by atoms with Gasteiger partial charge in [-0.2, -0.15) is 0 Å². The molecule has 19 heteroatoms. The zero-order valence-corrected chi connectivity index (χ0v) is 21.5. The Hall–Kier alpha value is -4.13. The van der Waals surface area contributed by atoms with Gasteiger partial charge in [0.1, 0.15) is 24.2 Å². The Morgan fingerprint density at radius 3 is 2.13 bits per heavy atom. The van der Waals surface area contributed by atoms with E-state index in [1.54, 1.807) is 0 Å². The van der Waals surface area contributed by atoms with E-state index >= 15 is 0 Å². The number of carbonyl (C=O) groups is 7. The Kier molecular flexibility index (Phi) is 14.1. The largest absolute Gasteiger partial charge is 0.481 e. The summed E-state index contributed by atoms with van der Waals surface area (Å²) in [4.78, 5) is 89.1. The molecule has 1 rings (SSSR count).